The molecule has 0 aromatic carbocycles. The first-order valence-corrected chi connectivity index (χ1v) is 4.32. The molecule has 0 radical (unpaired) electrons. The fourth-order valence-corrected chi connectivity index (χ4v) is 0.802. The first-order valence-electron chi connectivity index (χ1n) is 4.32. The topological polar surface area (TPSA) is 51.8 Å². The summed E-state index contributed by atoms with van der Waals surface area (Å²) >= 11 is 0. The third-order valence-electron chi connectivity index (χ3n) is 1.53. The Morgan fingerprint density at radius 3 is 2.00 bits per heavy atom. The molecular formula is C11H13N3. The van der Waals surface area contributed by atoms with E-state index in [1.807, 2.05) is 31.2 Å². The Morgan fingerprint density at radius 1 is 1.00 bits per heavy atom. The van der Waals surface area contributed by atoms with Crippen LogP contribution < -0.4 is 5.73 Å². The smallest absolute Gasteiger partial charge is 0.123 e. The molecule has 0 aliphatic carbocycles. The number of nitrogens with zero attached hydrogens (tertiary/aromatic N) is 2. The lowest BCUT2D eigenvalue weighted by molar-refractivity contribution is 1.29. The molecule has 2 N–H and O–H groups in total. The van der Waals surface area contributed by atoms with E-state index in [4.69, 9.17) is 5.73 Å². The average Bonchev–Trinajstić information content (AvgIpc) is 2.21. The van der Waals surface area contributed by atoms with E-state index < -0.39 is 0 Å². The molecule has 0 atom stereocenters. The van der Waals surface area contributed by atoms with Gasteiger partial charge in [-0.3, -0.25) is 4.98 Å². The summed E-state index contributed by atoms with van der Waals surface area (Å²) in [7, 11) is 0. The lowest BCUT2D eigenvalue weighted by Crippen LogP contribution is -1.85. The number of aryl methyl sites for hydroxylation is 1. The SMILES string of the molecule is Cc1ccncc1.Nc1ccccn1. The van der Waals surface area contributed by atoms with Crippen molar-refractivity contribution >= 4 is 5.82 Å². The number of pyridine rings is 2. The van der Waals surface area contributed by atoms with Gasteiger partial charge in [-0.05, 0) is 36.8 Å². The Labute approximate surface area is 83.6 Å². The Kier molecular flexibility index (Phi) is 4.14. The summed E-state index contributed by atoms with van der Waals surface area (Å²) in [4.78, 5) is 7.60. The van der Waals surface area contributed by atoms with E-state index in [-0.39, 0.29) is 0 Å². The van der Waals surface area contributed by atoms with E-state index in [0.29, 0.717) is 5.82 Å². The lowest BCUT2D eigenvalue weighted by atomic mass is 10.3. The minimum atomic E-state index is 0.572. The molecule has 2 aromatic heterocycles. The minimum Gasteiger partial charge on any atom is -0.384 e. The normalized spacial score (nSPS) is 8.64. The van der Waals surface area contributed by atoms with Crippen molar-refractivity contribution in [2.75, 3.05) is 5.73 Å². The first kappa shape index (κ1) is 10.2. The summed E-state index contributed by atoms with van der Waals surface area (Å²) in [5.41, 5.74) is 6.51. The molecule has 3 nitrogen and oxygen atoms in total. The Bertz CT molecular complexity index is 308. The molecule has 0 spiro atoms. The third kappa shape index (κ3) is 4.21. The van der Waals surface area contributed by atoms with Crippen molar-refractivity contribution in [2.45, 2.75) is 6.92 Å². The average molecular weight is 187 g/mol. The van der Waals surface area contributed by atoms with Crippen molar-refractivity contribution in [2.24, 2.45) is 0 Å². The predicted molar refractivity (Wildman–Crippen MR) is 57.6 cm³/mol. The number of hydrogen-bond donors (Lipinski definition) is 1. The molecule has 0 fully saturated rings. The van der Waals surface area contributed by atoms with Crippen LogP contribution in [0.25, 0.3) is 0 Å². The number of anilines is 1. The molecular weight excluding hydrogens is 174 g/mol. The second kappa shape index (κ2) is 5.70. The van der Waals surface area contributed by atoms with E-state index in [1.54, 1.807) is 24.7 Å². The highest BCUT2D eigenvalue weighted by Crippen LogP contribution is 1.89. The van der Waals surface area contributed by atoms with Gasteiger partial charge in [0.2, 0.25) is 0 Å². The second-order valence-electron chi connectivity index (χ2n) is 2.78. The molecule has 3 heteroatoms. The number of nitrogen functional groups attached to an aromatic ring is 1. The molecule has 2 rings (SSSR count). The van der Waals surface area contributed by atoms with Gasteiger partial charge in [-0.25, -0.2) is 4.98 Å². The van der Waals surface area contributed by atoms with Crippen LogP contribution in [-0.4, -0.2) is 9.97 Å². The molecule has 0 amide bonds. The van der Waals surface area contributed by atoms with Crippen LogP contribution in [0.3, 0.4) is 0 Å². The van der Waals surface area contributed by atoms with Crippen molar-refractivity contribution in [1.29, 1.82) is 0 Å². The number of rotatable bonds is 0. The molecule has 14 heavy (non-hydrogen) atoms. The zero-order chi connectivity index (χ0) is 10.2. The van der Waals surface area contributed by atoms with Crippen LogP contribution in [0.2, 0.25) is 0 Å². The third-order valence-corrected chi connectivity index (χ3v) is 1.53. The molecule has 0 aliphatic heterocycles. The summed E-state index contributed by atoms with van der Waals surface area (Å²) in [5.74, 6) is 0.572. The molecule has 2 aromatic rings. The van der Waals surface area contributed by atoms with Crippen molar-refractivity contribution in [3.8, 4) is 0 Å². The molecule has 0 saturated carbocycles. The second-order valence-corrected chi connectivity index (χ2v) is 2.78. The van der Waals surface area contributed by atoms with Gasteiger partial charge >= 0.3 is 0 Å². The quantitative estimate of drug-likeness (QED) is 0.686. The van der Waals surface area contributed by atoms with E-state index in [1.165, 1.54) is 5.56 Å². The van der Waals surface area contributed by atoms with Gasteiger partial charge in [-0.15, -0.1) is 0 Å². The highest BCUT2D eigenvalue weighted by molar-refractivity contribution is 5.25. The van der Waals surface area contributed by atoms with Crippen molar-refractivity contribution in [3.05, 3.63) is 54.5 Å². The van der Waals surface area contributed by atoms with E-state index in [2.05, 4.69) is 9.97 Å². The summed E-state index contributed by atoms with van der Waals surface area (Å²) < 4.78 is 0. The maximum atomic E-state index is 5.25. The van der Waals surface area contributed by atoms with Gasteiger partial charge in [0, 0.05) is 18.6 Å². The summed E-state index contributed by atoms with van der Waals surface area (Å²) in [6, 6.07) is 9.37. The monoisotopic (exact) mass is 187 g/mol. The fraction of sp³-hybridized carbons (Fsp3) is 0.0909. The predicted octanol–water partition coefficient (Wildman–Crippen LogP) is 2.05. The van der Waals surface area contributed by atoms with E-state index >= 15 is 0 Å². The van der Waals surface area contributed by atoms with Crippen LogP contribution in [0.15, 0.2) is 48.9 Å². The van der Waals surface area contributed by atoms with Crippen LogP contribution in [0.1, 0.15) is 5.56 Å². The molecule has 0 saturated heterocycles. The Balaban J connectivity index is 0.000000140. The molecule has 0 aliphatic rings. The molecule has 0 unspecified atom stereocenters. The van der Waals surface area contributed by atoms with Crippen molar-refractivity contribution in [3.63, 3.8) is 0 Å². The van der Waals surface area contributed by atoms with E-state index in [9.17, 15) is 0 Å². The fourth-order valence-electron chi connectivity index (χ4n) is 0.802. The van der Waals surface area contributed by atoms with Gasteiger partial charge in [0.15, 0.2) is 0 Å². The van der Waals surface area contributed by atoms with Crippen LogP contribution in [0, 0.1) is 6.92 Å². The van der Waals surface area contributed by atoms with Gasteiger partial charge in [0.25, 0.3) is 0 Å². The van der Waals surface area contributed by atoms with Gasteiger partial charge < -0.3 is 5.73 Å². The number of nitrogens with two attached hydrogens (primary N) is 1. The standard InChI is InChI=1S/C6H7N.C5H6N2/c1-6-2-4-7-5-3-6;6-5-3-1-2-4-7-5/h2-5H,1H3;1-4H,(H2,6,7). The largest absolute Gasteiger partial charge is 0.384 e. The highest BCUT2D eigenvalue weighted by atomic mass is 14.8. The van der Waals surface area contributed by atoms with Crippen LogP contribution in [0.4, 0.5) is 5.82 Å². The van der Waals surface area contributed by atoms with Crippen molar-refractivity contribution in [1.82, 2.24) is 9.97 Å². The van der Waals surface area contributed by atoms with Gasteiger partial charge in [-0.1, -0.05) is 6.07 Å². The maximum Gasteiger partial charge on any atom is 0.123 e. The van der Waals surface area contributed by atoms with Gasteiger partial charge in [0.1, 0.15) is 5.82 Å². The van der Waals surface area contributed by atoms with Crippen LogP contribution in [0.5, 0.6) is 0 Å². The van der Waals surface area contributed by atoms with Crippen molar-refractivity contribution < 1.29 is 0 Å². The molecule has 2 heterocycles. The van der Waals surface area contributed by atoms with Gasteiger partial charge in [0.05, 0.1) is 0 Å². The maximum absolute atomic E-state index is 5.25. The first-order chi connectivity index (χ1) is 6.79. The minimum absolute atomic E-state index is 0.572. The zero-order valence-electron chi connectivity index (χ0n) is 8.09. The Morgan fingerprint density at radius 2 is 1.71 bits per heavy atom. The summed E-state index contributed by atoms with van der Waals surface area (Å²) in [5, 5.41) is 0. The lowest BCUT2D eigenvalue weighted by Gasteiger charge is -1.82. The number of aromatic nitrogens is 2. The van der Waals surface area contributed by atoms with Crippen LogP contribution >= 0.6 is 0 Å². The Hall–Kier alpha value is -1.90. The highest BCUT2D eigenvalue weighted by Gasteiger charge is 1.74. The molecule has 0 bridgehead atoms. The summed E-state index contributed by atoms with van der Waals surface area (Å²) in [6.07, 6.45) is 5.24. The zero-order valence-corrected chi connectivity index (χ0v) is 8.09. The number of hydrogen-bond acceptors (Lipinski definition) is 3. The summed E-state index contributed by atoms with van der Waals surface area (Å²) in [6.45, 7) is 2.04. The van der Waals surface area contributed by atoms with Crippen LogP contribution in [-0.2, 0) is 0 Å². The van der Waals surface area contributed by atoms with E-state index in [0.717, 1.165) is 0 Å². The van der Waals surface area contributed by atoms with Gasteiger partial charge in [-0.2, -0.15) is 0 Å². The molecule has 72 valence electrons.